The lowest BCUT2D eigenvalue weighted by Crippen LogP contribution is -2.29. The Morgan fingerprint density at radius 2 is 1.62 bits per heavy atom. The number of carbonyl (C=O) groups excluding carboxylic acids is 1. The maximum Gasteiger partial charge on any atom is 0.278 e. The number of amides is 1. The fourth-order valence-electron chi connectivity index (χ4n) is 3.55. The summed E-state index contributed by atoms with van der Waals surface area (Å²) in [5, 5.41) is 6.72. The van der Waals surface area contributed by atoms with Crippen molar-refractivity contribution in [2.24, 2.45) is 0 Å². The number of benzene rings is 3. The van der Waals surface area contributed by atoms with Gasteiger partial charge in [-0.05, 0) is 35.7 Å². The van der Waals surface area contributed by atoms with E-state index < -0.39 is 5.56 Å². The highest BCUT2D eigenvalue weighted by Gasteiger charge is 2.14. The summed E-state index contributed by atoms with van der Waals surface area (Å²) in [6.07, 6.45) is 1.65. The molecular weight excluding hydrogens is 448 g/mol. The number of anilines is 2. The average molecular weight is 473 g/mol. The Morgan fingerprint density at radius 3 is 2.32 bits per heavy atom. The van der Waals surface area contributed by atoms with Crippen molar-refractivity contribution in [2.45, 2.75) is 26.4 Å². The number of rotatable bonds is 8. The van der Waals surface area contributed by atoms with Crippen LogP contribution in [0.5, 0.6) is 0 Å². The van der Waals surface area contributed by atoms with E-state index in [1.807, 2.05) is 90.4 Å². The van der Waals surface area contributed by atoms with E-state index in [9.17, 15) is 9.59 Å². The molecule has 4 aromatic rings. The Kier molecular flexibility index (Phi) is 7.40. The highest BCUT2D eigenvalue weighted by atomic mass is 35.5. The number of nitrogens with zero attached hydrogens (tertiary/aromatic N) is 2. The Hall–Kier alpha value is -3.90. The van der Waals surface area contributed by atoms with Crippen LogP contribution < -0.4 is 16.2 Å². The van der Waals surface area contributed by atoms with Crippen LogP contribution >= 0.6 is 11.6 Å². The second kappa shape index (κ2) is 10.8. The number of halogens is 1. The third kappa shape index (κ3) is 5.91. The lowest BCUT2D eigenvalue weighted by Gasteiger charge is -2.17. The fraction of sp³-hybridized carbons (Fsp3) is 0.148. The van der Waals surface area contributed by atoms with E-state index in [-0.39, 0.29) is 12.3 Å². The van der Waals surface area contributed by atoms with Gasteiger partial charge in [-0.2, -0.15) is 4.98 Å². The molecular formula is C27H25ClN4O2. The zero-order valence-corrected chi connectivity index (χ0v) is 19.5. The molecule has 4 rings (SSSR count). The second-order valence-electron chi connectivity index (χ2n) is 7.98. The van der Waals surface area contributed by atoms with Gasteiger partial charge in [0.15, 0.2) is 0 Å². The molecule has 0 atom stereocenters. The maximum absolute atomic E-state index is 12.8. The van der Waals surface area contributed by atoms with Crippen LogP contribution in [0.15, 0.2) is 89.9 Å². The molecule has 3 aromatic carbocycles. The number of nitrogens with one attached hydrogen (secondary N) is 2. The third-order valence-corrected chi connectivity index (χ3v) is 5.87. The third-order valence-electron chi connectivity index (χ3n) is 5.46. The molecule has 1 heterocycles. The van der Waals surface area contributed by atoms with Crippen molar-refractivity contribution in [1.82, 2.24) is 14.9 Å². The topological polar surface area (TPSA) is 76.0 Å². The van der Waals surface area contributed by atoms with Crippen molar-refractivity contribution in [3.8, 4) is 0 Å². The van der Waals surface area contributed by atoms with Gasteiger partial charge in [0.05, 0.1) is 13.0 Å². The van der Waals surface area contributed by atoms with Gasteiger partial charge in [-0.25, -0.2) is 0 Å². The molecule has 0 aliphatic carbocycles. The van der Waals surface area contributed by atoms with Crippen molar-refractivity contribution in [3.05, 3.63) is 123 Å². The number of aromatic nitrogens is 2. The van der Waals surface area contributed by atoms with Gasteiger partial charge in [-0.15, -0.1) is 0 Å². The smallest absolute Gasteiger partial charge is 0.278 e. The van der Waals surface area contributed by atoms with Crippen LogP contribution in [-0.2, 0) is 24.3 Å². The summed E-state index contributed by atoms with van der Waals surface area (Å²) in [5.41, 5.74) is 3.53. The summed E-state index contributed by atoms with van der Waals surface area (Å²) in [4.78, 5) is 29.7. The lowest BCUT2D eigenvalue weighted by atomic mass is 10.2. The quantitative estimate of drug-likeness (QED) is 0.384. The molecule has 0 unspecified atom stereocenters. The largest absolute Gasteiger partial charge is 0.352 e. The maximum atomic E-state index is 12.8. The van der Waals surface area contributed by atoms with Gasteiger partial charge >= 0.3 is 0 Å². The van der Waals surface area contributed by atoms with Crippen LogP contribution in [0.2, 0.25) is 5.02 Å². The summed E-state index contributed by atoms with van der Waals surface area (Å²) in [6.45, 7) is 2.78. The van der Waals surface area contributed by atoms with Gasteiger partial charge < -0.3 is 15.2 Å². The number of carbonyl (C=O) groups is 1. The molecule has 1 amide bonds. The molecule has 2 N–H and O–H groups in total. The van der Waals surface area contributed by atoms with Gasteiger partial charge in [-0.1, -0.05) is 78.3 Å². The van der Waals surface area contributed by atoms with E-state index in [2.05, 4.69) is 15.6 Å². The van der Waals surface area contributed by atoms with Gasteiger partial charge in [0.25, 0.3) is 5.56 Å². The highest BCUT2D eigenvalue weighted by Crippen LogP contribution is 2.25. The Labute approximate surface area is 203 Å². The van der Waals surface area contributed by atoms with Gasteiger partial charge in [-0.3, -0.25) is 9.59 Å². The van der Waals surface area contributed by atoms with Gasteiger partial charge in [0, 0.05) is 29.0 Å². The molecule has 0 radical (unpaired) electrons. The molecule has 7 heteroatoms. The first-order valence-electron chi connectivity index (χ1n) is 11.0. The molecule has 0 bridgehead atoms. The lowest BCUT2D eigenvalue weighted by molar-refractivity contribution is -0.120. The second-order valence-corrected chi connectivity index (χ2v) is 8.39. The molecule has 0 spiro atoms. The van der Waals surface area contributed by atoms with Crippen molar-refractivity contribution in [3.63, 3.8) is 0 Å². The first kappa shape index (κ1) is 23.3. The van der Waals surface area contributed by atoms with E-state index in [0.29, 0.717) is 29.6 Å². The molecule has 34 heavy (non-hydrogen) atoms. The van der Waals surface area contributed by atoms with Gasteiger partial charge in [0.2, 0.25) is 11.9 Å². The highest BCUT2D eigenvalue weighted by molar-refractivity contribution is 6.31. The van der Waals surface area contributed by atoms with Crippen molar-refractivity contribution in [2.75, 3.05) is 5.32 Å². The zero-order valence-electron chi connectivity index (χ0n) is 18.8. The van der Waals surface area contributed by atoms with E-state index in [1.165, 1.54) is 0 Å². The number of hydrogen-bond donors (Lipinski definition) is 2. The summed E-state index contributed by atoms with van der Waals surface area (Å²) >= 11 is 6.26. The van der Waals surface area contributed by atoms with Crippen LogP contribution in [-0.4, -0.2) is 15.5 Å². The minimum absolute atomic E-state index is 0.0517. The summed E-state index contributed by atoms with van der Waals surface area (Å²) in [6, 6.07) is 25.0. The summed E-state index contributed by atoms with van der Waals surface area (Å²) in [7, 11) is 0. The number of hydrogen-bond acceptors (Lipinski definition) is 4. The van der Waals surface area contributed by atoms with E-state index in [4.69, 9.17) is 11.6 Å². The molecule has 0 aliphatic heterocycles. The molecule has 6 nitrogen and oxygen atoms in total. The average Bonchev–Trinajstić information content (AvgIpc) is 2.85. The van der Waals surface area contributed by atoms with Crippen LogP contribution in [0.1, 0.15) is 22.3 Å². The molecule has 172 valence electrons. The predicted octanol–water partition coefficient (Wildman–Crippen LogP) is 4.86. The SMILES string of the molecule is Cc1c(Cl)cccc1Nc1nc(=O)c(CC(=O)NCc2ccccc2)cn1Cc1ccccc1. The van der Waals surface area contributed by atoms with Crippen molar-refractivity contribution in [1.29, 1.82) is 0 Å². The Balaban J connectivity index is 1.60. The minimum atomic E-state index is -0.443. The minimum Gasteiger partial charge on any atom is -0.352 e. The van der Waals surface area contributed by atoms with Crippen LogP contribution in [0.3, 0.4) is 0 Å². The van der Waals surface area contributed by atoms with Crippen molar-refractivity contribution < 1.29 is 4.79 Å². The first-order valence-corrected chi connectivity index (χ1v) is 11.3. The molecule has 0 saturated heterocycles. The van der Waals surface area contributed by atoms with Crippen LogP contribution in [0, 0.1) is 6.92 Å². The van der Waals surface area contributed by atoms with Crippen LogP contribution in [0.25, 0.3) is 0 Å². The molecule has 0 aliphatic rings. The normalized spacial score (nSPS) is 10.6. The molecule has 1 aromatic heterocycles. The van der Waals surface area contributed by atoms with Crippen LogP contribution in [0.4, 0.5) is 11.6 Å². The van der Waals surface area contributed by atoms with Crippen molar-refractivity contribution >= 4 is 29.1 Å². The fourth-order valence-corrected chi connectivity index (χ4v) is 3.73. The molecule has 0 fully saturated rings. The monoisotopic (exact) mass is 472 g/mol. The molecule has 0 saturated carbocycles. The van der Waals surface area contributed by atoms with E-state index >= 15 is 0 Å². The summed E-state index contributed by atoms with van der Waals surface area (Å²) < 4.78 is 1.84. The zero-order chi connectivity index (χ0) is 23.9. The first-order chi connectivity index (χ1) is 16.5. The van der Waals surface area contributed by atoms with E-state index in [0.717, 1.165) is 22.4 Å². The summed E-state index contributed by atoms with van der Waals surface area (Å²) in [5.74, 6) is 0.146. The Morgan fingerprint density at radius 1 is 0.941 bits per heavy atom. The van der Waals surface area contributed by atoms with Gasteiger partial charge in [0.1, 0.15) is 0 Å². The standard InChI is InChI=1S/C27H25ClN4O2/c1-19-23(28)13-8-14-24(19)30-27-31-26(34)22(18-32(27)17-21-11-6-3-7-12-21)15-25(33)29-16-20-9-4-2-5-10-20/h2-14,18H,15-17H2,1H3,(H,29,33)(H,30,31,34). The van der Waals surface area contributed by atoms with E-state index in [1.54, 1.807) is 6.20 Å². The Bertz CT molecular complexity index is 1340. The predicted molar refractivity (Wildman–Crippen MR) is 136 cm³/mol.